The molecule has 1 aromatic carbocycles. The summed E-state index contributed by atoms with van der Waals surface area (Å²) in [6.07, 6.45) is 3.79. The van der Waals surface area contributed by atoms with Gasteiger partial charge in [-0.05, 0) is 25.0 Å². The van der Waals surface area contributed by atoms with Crippen LogP contribution in [-0.2, 0) is 6.61 Å². The van der Waals surface area contributed by atoms with Crippen molar-refractivity contribution in [3.8, 4) is 5.75 Å². The molecule has 0 bridgehead atoms. The van der Waals surface area contributed by atoms with E-state index < -0.39 is 0 Å². The SMILES string of the molecule is CC(O)C/C=C/c1cccc(O)c1CO. The van der Waals surface area contributed by atoms with E-state index in [4.69, 9.17) is 10.2 Å². The number of benzene rings is 1. The molecule has 1 aromatic rings. The molecule has 0 radical (unpaired) electrons. The van der Waals surface area contributed by atoms with Gasteiger partial charge in [-0.2, -0.15) is 0 Å². The number of phenols is 1. The Labute approximate surface area is 89.3 Å². The minimum absolute atomic E-state index is 0.0942. The van der Waals surface area contributed by atoms with Crippen LogP contribution in [0.25, 0.3) is 6.08 Å². The van der Waals surface area contributed by atoms with Gasteiger partial charge in [-0.15, -0.1) is 0 Å². The van der Waals surface area contributed by atoms with Crippen molar-refractivity contribution in [1.29, 1.82) is 0 Å². The van der Waals surface area contributed by atoms with Crippen LogP contribution in [0.2, 0.25) is 0 Å². The van der Waals surface area contributed by atoms with Gasteiger partial charge in [0.05, 0.1) is 12.7 Å². The molecule has 0 aliphatic rings. The molecule has 1 rings (SSSR count). The van der Waals surface area contributed by atoms with Gasteiger partial charge in [0.2, 0.25) is 0 Å². The summed E-state index contributed by atoms with van der Waals surface area (Å²) in [6, 6.07) is 5.07. The Morgan fingerprint density at radius 3 is 2.73 bits per heavy atom. The van der Waals surface area contributed by atoms with E-state index in [0.29, 0.717) is 12.0 Å². The molecular weight excluding hydrogens is 192 g/mol. The van der Waals surface area contributed by atoms with E-state index in [1.165, 1.54) is 6.07 Å². The smallest absolute Gasteiger partial charge is 0.121 e. The minimum atomic E-state index is -0.379. The lowest BCUT2D eigenvalue weighted by molar-refractivity contribution is 0.199. The van der Waals surface area contributed by atoms with E-state index in [1.54, 1.807) is 19.1 Å². The van der Waals surface area contributed by atoms with E-state index in [9.17, 15) is 5.11 Å². The maximum atomic E-state index is 9.46. The molecular formula is C12H16O3. The third-order valence-electron chi connectivity index (χ3n) is 2.12. The molecule has 1 atom stereocenters. The maximum Gasteiger partial charge on any atom is 0.121 e. The fourth-order valence-corrected chi connectivity index (χ4v) is 1.31. The van der Waals surface area contributed by atoms with Gasteiger partial charge in [0, 0.05) is 5.56 Å². The first-order valence-corrected chi connectivity index (χ1v) is 4.91. The van der Waals surface area contributed by atoms with E-state index in [0.717, 1.165) is 5.56 Å². The van der Waals surface area contributed by atoms with Crippen LogP contribution in [0.4, 0.5) is 0 Å². The summed E-state index contributed by atoms with van der Waals surface area (Å²) >= 11 is 0. The zero-order valence-electron chi connectivity index (χ0n) is 8.72. The molecule has 15 heavy (non-hydrogen) atoms. The Morgan fingerprint density at radius 2 is 2.13 bits per heavy atom. The highest BCUT2D eigenvalue weighted by atomic mass is 16.3. The Kier molecular flexibility index (Phi) is 4.34. The van der Waals surface area contributed by atoms with Crippen LogP contribution in [0, 0.1) is 0 Å². The van der Waals surface area contributed by atoms with Crippen molar-refractivity contribution < 1.29 is 15.3 Å². The highest BCUT2D eigenvalue weighted by Crippen LogP contribution is 2.22. The normalized spacial score (nSPS) is 13.3. The first-order chi connectivity index (χ1) is 7.15. The lowest BCUT2D eigenvalue weighted by atomic mass is 10.1. The zero-order valence-corrected chi connectivity index (χ0v) is 8.72. The van der Waals surface area contributed by atoms with Crippen LogP contribution < -0.4 is 0 Å². The van der Waals surface area contributed by atoms with E-state index >= 15 is 0 Å². The monoisotopic (exact) mass is 208 g/mol. The largest absolute Gasteiger partial charge is 0.508 e. The minimum Gasteiger partial charge on any atom is -0.508 e. The van der Waals surface area contributed by atoms with Crippen molar-refractivity contribution in [2.45, 2.75) is 26.1 Å². The molecule has 3 heteroatoms. The van der Waals surface area contributed by atoms with Gasteiger partial charge in [-0.3, -0.25) is 0 Å². The second-order valence-electron chi connectivity index (χ2n) is 3.49. The van der Waals surface area contributed by atoms with E-state index in [-0.39, 0.29) is 18.5 Å². The van der Waals surface area contributed by atoms with Gasteiger partial charge in [-0.25, -0.2) is 0 Å². The van der Waals surface area contributed by atoms with E-state index in [2.05, 4.69) is 0 Å². The summed E-state index contributed by atoms with van der Waals surface area (Å²) in [6.45, 7) is 1.51. The third kappa shape index (κ3) is 3.38. The van der Waals surface area contributed by atoms with Crippen molar-refractivity contribution in [1.82, 2.24) is 0 Å². The molecule has 0 spiro atoms. The molecule has 1 unspecified atom stereocenters. The highest BCUT2D eigenvalue weighted by molar-refractivity contribution is 5.57. The lowest BCUT2D eigenvalue weighted by Gasteiger charge is -2.05. The average molecular weight is 208 g/mol. The molecule has 0 aromatic heterocycles. The summed E-state index contributed by atoms with van der Waals surface area (Å²) in [7, 11) is 0. The second kappa shape index (κ2) is 5.53. The second-order valence-corrected chi connectivity index (χ2v) is 3.49. The predicted octanol–water partition coefficient (Wildman–Crippen LogP) is 1.67. The van der Waals surface area contributed by atoms with Gasteiger partial charge in [0.25, 0.3) is 0 Å². The number of aliphatic hydroxyl groups excluding tert-OH is 2. The van der Waals surface area contributed by atoms with Gasteiger partial charge in [-0.1, -0.05) is 24.3 Å². The molecule has 3 N–H and O–H groups in total. The quantitative estimate of drug-likeness (QED) is 0.705. The predicted molar refractivity (Wildman–Crippen MR) is 59.4 cm³/mol. The summed E-state index contributed by atoms with van der Waals surface area (Å²) in [5.74, 6) is 0.0942. The summed E-state index contributed by atoms with van der Waals surface area (Å²) in [4.78, 5) is 0. The first kappa shape index (κ1) is 11.8. The summed E-state index contributed by atoms with van der Waals surface area (Å²) < 4.78 is 0. The third-order valence-corrected chi connectivity index (χ3v) is 2.12. The Bertz CT molecular complexity index is 343. The molecule has 3 nitrogen and oxygen atoms in total. The van der Waals surface area contributed by atoms with Crippen LogP contribution >= 0.6 is 0 Å². The molecule has 0 heterocycles. The molecule has 82 valence electrons. The molecule has 0 saturated heterocycles. The Hall–Kier alpha value is -1.32. The fraction of sp³-hybridized carbons (Fsp3) is 0.333. The van der Waals surface area contributed by atoms with Crippen LogP contribution in [0.5, 0.6) is 5.75 Å². The number of hydrogen-bond acceptors (Lipinski definition) is 3. The summed E-state index contributed by atoms with van der Waals surface area (Å²) in [5, 5.41) is 27.6. The Morgan fingerprint density at radius 1 is 1.40 bits per heavy atom. The van der Waals surface area contributed by atoms with Crippen molar-refractivity contribution in [2.75, 3.05) is 0 Å². The van der Waals surface area contributed by atoms with Crippen LogP contribution in [0.1, 0.15) is 24.5 Å². The number of aromatic hydroxyl groups is 1. The van der Waals surface area contributed by atoms with Gasteiger partial charge < -0.3 is 15.3 Å². The maximum absolute atomic E-state index is 9.46. The van der Waals surface area contributed by atoms with Crippen molar-refractivity contribution in [3.63, 3.8) is 0 Å². The summed E-state index contributed by atoms with van der Waals surface area (Å²) in [5.41, 5.74) is 1.29. The van der Waals surface area contributed by atoms with Crippen LogP contribution in [0.15, 0.2) is 24.3 Å². The fourth-order valence-electron chi connectivity index (χ4n) is 1.31. The van der Waals surface area contributed by atoms with Crippen molar-refractivity contribution >= 4 is 6.08 Å². The lowest BCUT2D eigenvalue weighted by Crippen LogP contribution is -1.95. The van der Waals surface area contributed by atoms with Crippen molar-refractivity contribution in [2.24, 2.45) is 0 Å². The van der Waals surface area contributed by atoms with Crippen LogP contribution in [-0.4, -0.2) is 21.4 Å². The van der Waals surface area contributed by atoms with Crippen LogP contribution in [0.3, 0.4) is 0 Å². The average Bonchev–Trinajstić information content (AvgIpc) is 2.17. The van der Waals surface area contributed by atoms with Crippen molar-refractivity contribution in [3.05, 3.63) is 35.4 Å². The highest BCUT2D eigenvalue weighted by Gasteiger charge is 2.03. The zero-order chi connectivity index (χ0) is 11.3. The van der Waals surface area contributed by atoms with Gasteiger partial charge in [0.1, 0.15) is 5.75 Å². The molecule has 0 fully saturated rings. The first-order valence-electron chi connectivity index (χ1n) is 4.91. The van der Waals surface area contributed by atoms with Gasteiger partial charge >= 0.3 is 0 Å². The van der Waals surface area contributed by atoms with E-state index in [1.807, 2.05) is 12.1 Å². The number of hydrogen-bond donors (Lipinski definition) is 3. The molecule has 0 saturated carbocycles. The topological polar surface area (TPSA) is 60.7 Å². The molecule has 0 aliphatic heterocycles. The number of rotatable bonds is 4. The molecule has 0 aliphatic carbocycles. The number of aliphatic hydroxyl groups is 2. The standard InChI is InChI=1S/C12H16O3/c1-9(14)4-2-5-10-6-3-7-12(15)11(10)8-13/h2-3,5-7,9,13-15H,4,8H2,1H3/b5-2+. The molecule has 0 amide bonds. The van der Waals surface area contributed by atoms with Gasteiger partial charge in [0.15, 0.2) is 0 Å². The Balaban J connectivity index is 2.84.